The van der Waals surface area contributed by atoms with Crippen LogP contribution in [0.2, 0.25) is 0 Å². The van der Waals surface area contributed by atoms with E-state index in [0.717, 1.165) is 17.7 Å². The van der Waals surface area contributed by atoms with Gasteiger partial charge in [0.15, 0.2) is 0 Å². The molecule has 1 rings (SSSR count). The van der Waals surface area contributed by atoms with Crippen molar-refractivity contribution in [3.05, 3.63) is 35.7 Å². The number of benzene rings is 1. The summed E-state index contributed by atoms with van der Waals surface area (Å²) in [6, 6.07) is 2.40. The van der Waals surface area contributed by atoms with Gasteiger partial charge in [0.25, 0.3) is 0 Å². The first-order valence-corrected chi connectivity index (χ1v) is 5.06. The molecular weight excluding hydrogens is 235 g/mol. The van der Waals surface area contributed by atoms with Crippen LogP contribution < -0.4 is 10.2 Å². The molecule has 0 atom stereocenters. The van der Waals surface area contributed by atoms with E-state index in [9.17, 15) is 17.3 Å². The molecule has 1 aromatic rings. The molecule has 0 N–H and O–H groups in total. The summed E-state index contributed by atoms with van der Waals surface area (Å²) in [5.74, 6) is -1.26. The van der Waals surface area contributed by atoms with Gasteiger partial charge in [-0.25, -0.2) is 4.39 Å². The van der Waals surface area contributed by atoms with Crippen molar-refractivity contribution >= 4 is 12.4 Å². The van der Waals surface area contributed by atoms with E-state index >= 15 is 0 Å². The molecule has 94 valence electrons. The van der Waals surface area contributed by atoms with Crippen LogP contribution in [-0.4, -0.2) is 13.6 Å². The fraction of sp³-hybridized carbons (Fsp3) is 0.273. The first kappa shape index (κ1) is 13.6. The Morgan fingerprint density at radius 1 is 1.29 bits per heavy atom. The highest BCUT2D eigenvalue weighted by atomic mass is 19.4. The highest BCUT2D eigenvalue weighted by molar-refractivity contribution is 6.74. The Hall–Kier alpha value is -1.46. The molecular formula is C11H12BF4O-. The molecule has 0 bridgehead atoms. The number of hydrogen-bond donors (Lipinski definition) is 0. The zero-order valence-corrected chi connectivity index (χ0v) is 9.51. The maximum absolute atomic E-state index is 12.8. The predicted molar refractivity (Wildman–Crippen MR) is 60.0 cm³/mol. The Labute approximate surface area is 97.1 Å². The van der Waals surface area contributed by atoms with Gasteiger partial charge in [0.1, 0.15) is 12.4 Å². The van der Waals surface area contributed by atoms with Crippen molar-refractivity contribution < 1.29 is 22.1 Å². The second kappa shape index (κ2) is 5.25. The summed E-state index contributed by atoms with van der Waals surface area (Å²) >= 11 is 0. The van der Waals surface area contributed by atoms with Crippen molar-refractivity contribution in [3.63, 3.8) is 0 Å². The molecule has 0 aromatic heterocycles. The van der Waals surface area contributed by atoms with Gasteiger partial charge in [0, 0.05) is 0 Å². The highest BCUT2D eigenvalue weighted by Crippen LogP contribution is 2.18. The summed E-state index contributed by atoms with van der Waals surface area (Å²) in [6.45, 7) is -1.62. The highest BCUT2D eigenvalue weighted by Gasteiger charge is 2.29. The molecule has 0 fully saturated rings. The molecule has 1 aromatic carbocycles. The van der Waals surface area contributed by atoms with Crippen molar-refractivity contribution in [1.82, 2.24) is 0 Å². The maximum atomic E-state index is 12.8. The van der Waals surface area contributed by atoms with Gasteiger partial charge in [0.05, 0.1) is 5.75 Å². The Bertz CT molecular complexity index is 422. The molecule has 6 heteroatoms. The molecule has 0 saturated carbocycles. The van der Waals surface area contributed by atoms with Crippen LogP contribution in [0.3, 0.4) is 0 Å². The molecule has 0 heterocycles. The quantitative estimate of drug-likeness (QED) is 0.451. The molecule has 0 unspecified atom stereocenters. The van der Waals surface area contributed by atoms with E-state index in [0.29, 0.717) is 6.07 Å². The van der Waals surface area contributed by atoms with E-state index < -0.39 is 18.3 Å². The largest absolute Gasteiger partial charge is 0.513 e. The third-order valence-electron chi connectivity index (χ3n) is 2.05. The number of halogens is 4. The standard InChI is InChI=1S/C11H12BF4O/c1-8(2)5-6-17-11-4-3-9(13)7-10(11)12(14,15)16/h3-5,7H,6H2,1-2H3/q-1. The zero-order chi connectivity index (χ0) is 13.1. The van der Waals surface area contributed by atoms with Gasteiger partial charge in [-0.15, -0.1) is 0 Å². The number of ether oxygens (including phenoxy) is 1. The minimum absolute atomic E-state index is 0.0348. The lowest BCUT2D eigenvalue weighted by atomic mass is 9.79. The number of hydrogen-bond acceptors (Lipinski definition) is 1. The van der Waals surface area contributed by atoms with Crippen LogP contribution in [0.4, 0.5) is 17.3 Å². The molecule has 0 spiro atoms. The van der Waals surface area contributed by atoms with Gasteiger partial charge in [-0.2, -0.15) is 0 Å². The van der Waals surface area contributed by atoms with E-state index in [2.05, 4.69) is 0 Å². The van der Waals surface area contributed by atoms with Crippen LogP contribution in [0.15, 0.2) is 29.8 Å². The van der Waals surface area contributed by atoms with Crippen LogP contribution in [0.1, 0.15) is 13.8 Å². The van der Waals surface area contributed by atoms with E-state index in [4.69, 9.17) is 4.74 Å². The fourth-order valence-corrected chi connectivity index (χ4v) is 1.20. The molecule has 0 radical (unpaired) electrons. The molecule has 1 nitrogen and oxygen atoms in total. The van der Waals surface area contributed by atoms with Gasteiger partial charge in [-0.05, 0) is 38.1 Å². The lowest BCUT2D eigenvalue weighted by molar-refractivity contribution is 0.361. The van der Waals surface area contributed by atoms with Crippen molar-refractivity contribution in [1.29, 1.82) is 0 Å². The molecule has 0 saturated heterocycles. The molecule has 0 aliphatic rings. The predicted octanol–water partition coefficient (Wildman–Crippen LogP) is 3.23. The van der Waals surface area contributed by atoms with Gasteiger partial charge < -0.3 is 17.7 Å². The summed E-state index contributed by atoms with van der Waals surface area (Å²) in [6.07, 6.45) is 1.65. The Morgan fingerprint density at radius 2 is 1.94 bits per heavy atom. The third-order valence-corrected chi connectivity index (χ3v) is 2.05. The van der Waals surface area contributed by atoms with Crippen molar-refractivity contribution in [2.75, 3.05) is 6.61 Å². The smallest absolute Gasteiger partial charge is 0.493 e. The lowest BCUT2D eigenvalue weighted by Gasteiger charge is -2.19. The summed E-state index contributed by atoms with van der Waals surface area (Å²) in [5.41, 5.74) is -0.0988. The monoisotopic (exact) mass is 247 g/mol. The van der Waals surface area contributed by atoms with Crippen molar-refractivity contribution in [3.8, 4) is 5.75 Å². The first-order valence-electron chi connectivity index (χ1n) is 5.06. The SMILES string of the molecule is CC(C)=CCOc1ccc(F)cc1[B-](F)(F)F. The van der Waals surface area contributed by atoms with E-state index in [1.165, 1.54) is 0 Å². The minimum Gasteiger partial charge on any atom is -0.493 e. The summed E-state index contributed by atoms with van der Waals surface area (Å²) in [4.78, 5) is 0. The van der Waals surface area contributed by atoms with E-state index in [1.807, 2.05) is 13.8 Å². The zero-order valence-electron chi connectivity index (χ0n) is 9.51. The van der Waals surface area contributed by atoms with Crippen LogP contribution in [-0.2, 0) is 0 Å². The van der Waals surface area contributed by atoms with Gasteiger partial charge in [-0.1, -0.05) is 11.0 Å². The molecule has 0 aliphatic heterocycles. The van der Waals surface area contributed by atoms with Crippen molar-refractivity contribution in [2.24, 2.45) is 0 Å². The normalized spacial score (nSPS) is 11.2. The second-order valence-corrected chi connectivity index (χ2v) is 3.85. The summed E-state index contributed by atoms with van der Waals surface area (Å²) in [5, 5.41) is 0. The van der Waals surface area contributed by atoms with Crippen LogP contribution in [0.25, 0.3) is 0 Å². The van der Waals surface area contributed by atoms with E-state index in [-0.39, 0.29) is 12.4 Å². The Balaban J connectivity index is 2.95. The van der Waals surface area contributed by atoms with Gasteiger partial charge in [0.2, 0.25) is 0 Å². The summed E-state index contributed by atoms with van der Waals surface area (Å²) < 4.78 is 55.6. The molecule has 0 aliphatic carbocycles. The maximum Gasteiger partial charge on any atom is 0.513 e. The minimum atomic E-state index is -5.27. The topological polar surface area (TPSA) is 9.23 Å². The Kier molecular flexibility index (Phi) is 4.20. The lowest BCUT2D eigenvalue weighted by Crippen LogP contribution is -2.35. The first-order chi connectivity index (χ1) is 7.80. The average Bonchev–Trinajstić information content (AvgIpc) is 2.18. The van der Waals surface area contributed by atoms with Crippen LogP contribution >= 0.6 is 0 Å². The van der Waals surface area contributed by atoms with Crippen molar-refractivity contribution in [2.45, 2.75) is 13.8 Å². The third kappa shape index (κ3) is 4.13. The second-order valence-electron chi connectivity index (χ2n) is 3.85. The van der Waals surface area contributed by atoms with Gasteiger partial charge >= 0.3 is 6.98 Å². The molecule has 0 amide bonds. The average molecular weight is 247 g/mol. The number of allylic oxidation sites excluding steroid dienone is 1. The van der Waals surface area contributed by atoms with Crippen LogP contribution in [0.5, 0.6) is 5.75 Å². The molecule has 17 heavy (non-hydrogen) atoms. The number of rotatable bonds is 4. The van der Waals surface area contributed by atoms with Crippen LogP contribution in [0, 0.1) is 5.82 Å². The van der Waals surface area contributed by atoms with Gasteiger partial charge in [-0.3, -0.25) is 0 Å². The fourth-order valence-electron chi connectivity index (χ4n) is 1.20. The Morgan fingerprint density at radius 3 is 2.47 bits per heavy atom. The summed E-state index contributed by atoms with van der Waals surface area (Å²) in [7, 11) is 0. The van der Waals surface area contributed by atoms with E-state index in [1.54, 1.807) is 6.08 Å².